The molecule has 0 unspecified atom stereocenters. The zero-order valence-electron chi connectivity index (χ0n) is 10.1. The van der Waals surface area contributed by atoms with Crippen molar-refractivity contribution in [2.45, 2.75) is 58.3 Å². The maximum Gasteiger partial charge on any atom is 0.346 e. The number of carboxylic acid groups (broad SMARTS) is 1. The number of aliphatic carboxylic acids is 1. The first-order valence-corrected chi connectivity index (χ1v) is 6.53. The lowest BCUT2D eigenvalue weighted by molar-refractivity contribution is -0.129. The summed E-state index contributed by atoms with van der Waals surface area (Å²) in [5.41, 5.74) is 0. The molecule has 0 rings (SSSR count). The number of thiocarbonyl (C=S) groups is 1. The Kier molecular flexibility index (Phi) is 10.3. The average molecular weight is 242 g/mol. The van der Waals surface area contributed by atoms with Gasteiger partial charge in [-0.3, -0.25) is 0 Å². The molecule has 0 aliphatic rings. The van der Waals surface area contributed by atoms with E-state index in [1.54, 1.807) is 0 Å². The SMILES string of the molecule is CCCCCCCCCC=CC(=S)C(=O)O. The van der Waals surface area contributed by atoms with Gasteiger partial charge in [-0.1, -0.05) is 63.7 Å². The lowest BCUT2D eigenvalue weighted by Gasteiger charge is -1.98. The van der Waals surface area contributed by atoms with E-state index < -0.39 is 5.97 Å². The van der Waals surface area contributed by atoms with Crippen LogP contribution in [0.15, 0.2) is 12.2 Å². The van der Waals surface area contributed by atoms with Crippen molar-refractivity contribution in [2.75, 3.05) is 0 Å². The van der Waals surface area contributed by atoms with Crippen LogP contribution in [0, 0.1) is 0 Å². The molecule has 0 heterocycles. The predicted molar refractivity (Wildman–Crippen MR) is 72.0 cm³/mol. The summed E-state index contributed by atoms with van der Waals surface area (Å²) in [5.74, 6) is -1.01. The van der Waals surface area contributed by atoms with Crippen LogP contribution in [0.2, 0.25) is 0 Å². The molecule has 1 N–H and O–H groups in total. The van der Waals surface area contributed by atoms with Gasteiger partial charge in [0.2, 0.25) is 0 Å². The second-order valence-electron chi connectivity index (χ2n) is 3.98. The molecule has 0 atom stereocenters. The van der Waals surface area contributed by atoms with E-state index in [2.05, 4.69) is 19.1 Å². The van der Waals surface area contributed by atoms with Gasteiger partial charge >= 0.3 is 5.97 Å². The maximum absolute atomic E-state index is 10.4. The quantitative estimate of drug-likeness (QED) is 0.355. The highest BCUT2D eigenvalue weighted by atomic mass is 32.1. The van der Waals surface area contributed by atoms with Gasteiger partial charge in [0.25, 0.3) is 0 Å². The Labute approximate surface area is 104 Å². The minimum atomic E-state index is -1.01. The molecule has 2 nitrogen and oxygen atoms in total. The number of hydrogen-bond acceptors (Lipinski definition) is 2. The summed E-state index contributed by atoms with van der Waals surface area (Å²) in [6, 6.07) is 0. The van der Waals surface area contributed by atoms with Crippen molar-refractivity contribution in [3.8, 4) is 0 Å². The van der Waals surface area contributed by atoms with Gasteiger partial charge in [-0.2, -0.15) is 0 Å². The molecule has 0 aliphatic carbocycles. The fourth-order valence-corrected chi connectivity index (χ4v) is 1.58. The van der Waals surface area contributed by atoms with Crippen molar-refractivity contribution >= 4 is 23.1 Å². The van der Waals surface area contributed by atoms with E-state index in [0.717, 1.165) is 12.8 Å². The third-order valence-electron chi connectivity index (χ3n) is 2.45. The smallest absolute Gasteiger partial charge is 0.346 e. The molecule has 0 aromatic heterocycles. The van der Waals surface area contributed by atoms with E-state index in [9.17, 15) is 4.79 Å². The second kappa shape index (κ2) is 10.8. The van der Waals surface area contributed by atoms with E-state index >= 15 is 0 Å². The number of carboxylic acids is 1. The van der Waals surface area contributed by atoms with E-state index in [1.165, 1.54) is 44.6 Å². The molecule has 0 saturated carbocycles. The summed E-state index contributed by atoms with van der Waals surface area (Å²) in [6.07, 6.45) is 13.3. The third kappa shape index (κ3) is 9.84. The van der Waals surface area contributed by atoms with Crippen LogP contribution in [0.1, 0.15) is 58.3 Å². The second-order valence-corrected chi connectivity index (χ2v) is 4.42. The van der Waals surface area contributed by atoms with Crippen molar-refractivity contribution in [3.63, 3.8) is 0 Å². The van der Waals surface area contributed by atoms with Gasteiger partial charge in [0.15, 0.2) is 0 Å². The van der Waals surface area contributed by atoms with Gasteiger partial charge in [0.1, 0.15) is 4.86 Å². The zero-order chi connectivity index (χ0) is 12.2. The lowest BCUT2D eigenvalue weighted by Crippen LogP contribution is -2.05. The molecule has 0 radical (unpaired) electrons. The van der Waals surface area contributed by atoms with Crippen LogP contribution in [0.25, 0.3) is 0 Å². The molecule has 0 aromatic rings. The summed E-state index contributed by atoms with van der Waals surface area (Å²) >= 11 is 4.64. The van der Waals surface area contributed by atoms with Gasteiger partial charge < -0.3 is 5.11 Å². The van der Waals surface area contributed by atoms with Crippen molar-refractivity contribution in [2.24, 2.45) is 0 Å². The van der Waals surface area contributed by atoms with Gasteiger partial charge in [0, 0.05) is 0 Å². The summed E-state index contributed by atoms with van der Waals surface area (Å²) in [7, 11) is 0. The molecular formula is C13H22O2S. The molecular weight excluding hydrogens is 220 g/mol. The average Bonchev–Trinajstić information content (AvgIpc) is 2.26. The molecule has 3 heteroatoms. The number of rotatable bonds is 10. The van der Waals surface area contributed by atoms with Crippen LogP contribution in [0.4, 0.5) is 0 Å². The van der Waals surface area contributed by atoms with Gasteiger partial charge in [-0.25, -0.2) is 4.79 Å². The monoisotopic (exact) mass is 242 g/mol. The fraction of sp³-hybridized carbons (Fsp3) is 0.692. The van der Waals surface area contributed by atoms with Crippen molar-refractivity contribution in [1.82, 2.24) is 0 Å². The molecule has 0 aliphatic heterocycles. The van der Waals surface area contributed by atoms with Gasteiger partial charge in [0.05, 0.1) is 0 Å². The summed E-state index contributed by atoms with van der Waals surface area (Å²) in [6.45, 7) is 2.22. The summed E-state index contributed by atoms with van der Waals surface area (Å²) < 4.78 is 0. The minimum absolute atomic E-state index is 0.00273. The van der Waals surface area contributed by atoms with Gasteiger partial charge in [-0.15, -0.1) is 0 Å². The Morgan fingerprint density at radius 1 is 1.12 bits per heavy atom. The number of unbranched alkanes of at least 4 members (excludes halogenated alkanes) is 7. The summed E-state index contributed by atoms with van der Waals surface area (Å²) in [4.78, 5) is 10.4. The van der Waals surface area contributed by atoms with E-state index in [1.807, 2.05) is 6.08 Å². The fourth-order valence-electron chi connectivity index (χ4n) is 1.48. The van der Waals surface area contributed by atoms with Crippen LogP contribution in [-0.4, -0.2) is 15.9 Å². The van der Waals surface area contributed by atoms with E-state index in [4.69, 9.17) is 5.11 Å². The molecule has 16 heavy (non-hydrogen) atoms. The van der Waals surface area contributed by atoms with E-state index in [-0.39, 0.29) is 4.86 Å². The molecule has 0 aromatic carbocycles. The number of carbonyl (C=O) groups is 1. The molecule has 0 amide bonds. The van der Waals surface area contributed by atoms with Crippen LogP contribution >= 0.6 is 12.2 Å². The third-order valence-corrected chi connectivity index (χ3v) is 2.77. The Balaban J connectivity index is 3.27. The first-order valence-electron chi connectivity index (χ1n) is 6.12. The molecule has 0 saturated heterocycles. The topological polar surface area (TPSA) is 37.3 Å². The van der Waals surface area contributed by atoms with Gasteiger partial charge in [-0.05, 0) is 18.9 Å². The van der Waals surface area contributed by atoms with Crippen LogP contribution < -0.4 is 0 Å². The highest BCUT2D eigenvalue weighted by Crippen LogP contribution is 2.08. The Morgan fingerprint density at radius 2 is 1.69 bits per heavy atom. The van der Waals surface area contributed by atoms with Crippen LogP contribution in [-0.2, 0) is 4.79 Å². The normalized spacial score (nSPS) is 10.8. The van der Waals surface area contributed by atoms with Crippen LogP contribution in [0.3, 0.4) is 0 Å². The lowest BCUT2D eigenvalue weighted by atomic mass is 10.1. The minimum Gasteiger partial charge on any atom is -0.477 e. The standard InChI is InChI=1S/C13H22O2S/c1-2-3-4-5-6-7-8-9-10-11-12(16)13(14)15/h10-11H,2-9H2,1H3,(H,14,15). The largest absolute Gasteiger partial charge is 0.477 e. The van der Waals surface area contributed by atoms with Crippen molar-refractivity contribution in [3.05, 3.63) is 12.2 Å². The Hall–Kier alpha value is -0.700. The van der Waals surface area contributed by atoms with Crippen molar-refractivity contribution in [1.29, 1.82) is 0 Å². The van der Waals surface area contributed by atoms with Crippen molar-refractivity contribution < 1.29 is 9.90 Å². The van der Waals surface area contributed by atoms with E-state index in [0.29, 0.717) is 0 Å². The first kappa shape index (κ1) is 15.3. The number of allylic oxidation sites excluding steroid dienone is 1. The molecule has 0 fully saturated rings. The number of hydrogen-bond donors (Lipinski definition) is 1. The molecule has 0 spiro atoms. The summed E-state index contributed by atoms with van der Waals surface area (Å²) in [5, 5.41) is 8.51. The van der Waals surface area contributed by atoms with Crippen LogP contribution in [0.5, 0.6) is 0 Å². The molecule has 92 valence electrons. The highest BCUT2D eigenvalue weighted by molar-refractivity contribution is 7.82. The maximum atomic E-state index is 10.4. The Bertz CT molecular complexity index is 234. The first-order chi connectivity index (χ1) is 7.68. The zero-order valence-corrected chi connectivity index (χ0v) is 10.9. The predicted octanol–water partition coefficient (Wildman–Crippen LogP) is 4.14. The highest BCUT2D eigenvalue weighted by Gasteiger charge is 1.99. The molecule has 0 bridgehead atoms. The Morgan fingerprint density at radius 3 is 2.25 bits per heavy atom.